The molecular weight excluding hydrogens is 228 g/mol. The maximum Gasteiger partial charge on any atom is 0.220 e. The van der Waals surface area contributed by atoms with Crippen LogP contribution in [0, 0.1) is 0 Å². The van der Waals surface area contributed by atoms with Crippen molar-refractivity contribution < 1.29 is 4.79 Å². The van der Waals surface area contributed by atoms with Crippen LogP contribution in [0.2, 0.25) is 0 Å². The quantitative estimate of drug-likeness (QED) is 0.705. The zero-order valence-corrected chi connectivity index (χ0v) is 10.7. The smallest absolute Gasteiger partial charge is 0.220 e. The third kappa shape index (κ3) is 4.49. The van der Waals surface area contributed by atoms with Crippen LogP contribution >= 0.6 is 0 Å². The number of hydrogen-bond donors (Lipinski definition) is 3. The van der Waals surface area contributed by atoms with Crippen LogP contribution in [-0.2, 0) is 11.2 Å². The molecule has 18 heavy (non-hydrogen) atoms. The number of H-pyrrole nitrogens is 1. The zero-order valence-electron chi connectivity index (χ0n) is 10.7. The first kappa shape index (κ1) is 13.1. The number of amides is 1. The Bertz CT molecular complexity index is 344. The summed E-state index contributed by atoms with van der Waals surface area (Å²) in [5, 5.41) is 6.41. The lowest BCUT2D eigenvalue weighted by Crippen LogP contribution is -2.35. The number of aromatic amines is 1. The molecule has 1 amide bonds. The molecule has 1 aliphatic heterocycles. The second-order valence-electron chi connectivity index (χ2n) is 4.86. The summed E-state index contributed by atoms with van der Waals surface area (Å²) in [6.45, 7) is 1.78. The minimum absolute atomic E-state index is 0.155. The molecule has 1 unspecified atom stereocenters. The Morgan fingerprint density at radius 1 is 1.50 bits per heavy atom. The first-order valence-corrected chi connectivity index (χ1v) is 6.82. The van der Waals surface area contributed by atoms with Gasteiger partial charge in [-0.3, -0.25) is 4.79 Å². The Morgan fingerprint density at radius 3 is 3.17 bits per heavy atom. The van der Waals surface area contributed by atoms with Gasteiger partial charge in [-0.25, -0.2) is 4.98 Å². The first-order valence-electron chi connectivity index (χ1n) is 6.82. The Hall–Kier alpha value is -1.36. The van der Waals surface area contributed by atoms with Gasteiger partial charge in [0.1, 0.15) is 0 Å². The van der Waals surface area contributed by atoms with Gasteiger partial charge in [0.2, 0.25) is 5.91 Å². The van der Waals surface area contributed by atoms with E-state index in [9.17, 15) is 4.79 Å². The largest absolute Gasteiger partial charge is 0.356 e. The van der Waals surface area contributed by atoms with Crippen molar-refractivity contribution in [1.82, 2.24) is 20.6 Å². The van der Waals surface area contributed by atoms with E-state index in [0.29, 0.717) is 19.0 Å². The lowest BCUT2D eigenvalue weighted by atomic mass is 10.0. The van der Waals surface area contributed by atoms with Crippen LogP contribution in [0.5, 0.6) is 0 Å². The normalized spacial score (nSPS) is 19.7. The minimum atomic E-state index is 0.155. The molecule has 0 spiro atoms. The van der Waals surface area contributed by atoms with Crippen LogP contribution < -0.4 is 10.6 Å². The van der Waals surface area contributed by atoms with Crippen LogP contribution in [0.25, 0.3) is 0 Å². The van der Waals surface area contributed by atoms with E-state index in [1.165, 1.54) is 19.3 Å². The highest BCUT2D eigenvalue weighted by Crippen LogP contribution is 2.11. The number of nitrogens with zero attached hydrogens (tertiary/aromatic N) is 1. The van der Waals surface area contributed by atoms with Gasteiger partial charge in [-0.1, -0.05) is 6.42 Å². The summed E-state index contributed by atoms with van der Waals surface area (Å²) in [5.41, 5.74) is 1.06. The van der Waals surface area contributed by atoms with Crippen molar-refractivity contribution in [1.29, 1.82) is 0 Å². The van der Waals surface area contributed by atoms with Crippen molar-refractivity contribution >= 4 is 5.91 Å². The highest BCUT2D eigenvalue weighted by atomic mass is 16.1. The summed E-state index contributed by atoms with van der Waals surface area (Å²) in [6, 6.07) is 0.539. The minimum Gasteiger partial charge on any atom is -0.356 e. The first-order chi connectivity index (χ1) is 8.84. The molecule has 0 aromatic carbocycles. The molecule has 1 aromatic rings. The van der Waals surface area contributed by atoms with Crippen LogP contribution in [0.3, 0.4) is 0 Å². The highest BCUT2D eigenvalue weighted by molar-refractivity contribution is 5.75. The van der Waals surface area contributed by atoms with Gasteiger partial charge >= 0.3 is 0 Å². The summed E-state index contributed by atoms with van der Waals surface area (Å²) < 4.78 is 0. The summed E-state index contributed by atoms with van der Waals surface area (Å²) in [5.74, 6) is 0.155. The molecule has 1 atom stereocenters. The fourth-order valence-electron chi connectivity index (χ4n) is 2.32. The lowest BCUT2D eigenvalue weighted by Gasteiger charge is -2.23. The molecule has 0 radical (unpaired) electrons. The van der Waals surface area contributed by atoms with E-state index < -0.39 is 0 Å². The summed E-state index contributed by atoms with van der Waals surface area (Å²) in [6.07, 6.45) is 9.61. The molecule has 1 aromatic heterocycles. The molecule has 5 heteroatoms. The third-order valence-electron chi connectivity index (χ3n) is 3.40. The van der Waals surface area contributed by atoms with Gasteiger partial charge < -0.3 is 15.6 Å². The molecule has 2 heterocycles. The Labute approximate surface area is 108 Å². The molecule has 1 fully saturated rings. The summed E-state index contributed by atoms with van der Waals surface area (Å²) in [7, 11) is 0. The van der Waals surface area contributed by atoms with E-state index in [2.05, 4.69) is 20.6 Å². The average molecular weight is 250 g/mol. The van der Waals surface area contributed by atoms with E-state index >= 15 is 0 Å². The van der Waals surface area contributed by atoms with Crippen LogP contribution in [0.4, 0.5) is 0 Å². The van der Waals surface area contributed by atoms with Crippen LogP contribution in [0.1, 0.15) is 37.8 Å². The maximum absolute atomic E-state index is 11.6. The second kappa shape index (κ2) is 7.16. The summed E-state index contributed by atoms with van der Waals surface area (Å²) >= 11 is 0. The van der Waals surface area contributed by atoms with Crippen molar-refractivity contribution in [2.75, 3.05) is 13.1 Å². The molecule has 1 aliphatic rings. The second-order valence-corrected chi connectivity index (χ2v) is 4.86. The average Bonchev–Trinajstić information content (AvgIpc) is 2.91. The predicted molar refractivity (Wildman–Crippen MR) is 70.2 cm³/mol. The Kier molecular flexibility index (Phi) is 5.20. The fraction of sp³-hybridized carbons (Fsp3) is 0.692. The van der Waals surface area contributed by atoms with Gasteiger partial charge in [0, 0.05) is 37.3 Å². The third-order valence-corrected chi connectivity index (χ3v) is 3.40. The predicted octanol–water partition coefficient (Wildman–Crippen LogP) is 0.991. The van der Waals surface area contributed by atoms with Gasteiger partial charge in [-0.05, 0) is 25.8 Å². The van der Waals surface area contributed by atoms with Crippen LogP contribution in [0.15, 0.2) is 12.5 Å². The summed E-state index contributed by atoms with van der Waals surface area (Å²) in [4.78, 5) is 18.6. The molecule has 2 rings (SSSR count). The van der Waals surface area contributed by atoms with Gasteiger partial charge in [0.05, 0.1) is 6.33 Å². The number of imidazole rings is 1. The fourth-order valence-corrected chi connectivity index (χ4v) is 2.32. The maximum atomic E-state index is 11.6. The molecule has 0 aliphatic carbocycles. The number of carbonyl (C=O) groups is 1. The topological polar surface area (TPSA) is 69.8 Å². The van der Waals surface area contributed by atoms with Crippen molar-refractivity contribution in [2.24, 2.45) is 0 Å². The standard InChI is InChI=1S/C13H22N4O/c18-13(5-4-11-3-1-2-7-15-11)16-8-6-12-9-14-10-17-12/h9-11,15H,1-8H2,(H,14,17)(H,16,18). The van der Waals surface area contributed by atoms with Crippen molar-refractivity contribution in [2.45, 2.75) is 44.6 Å². The number of nitrogens with one attached hydrogen (secondary N) is 3. The van der Waals surface area contributed by atoms with Gasteiger partial charge in [-0.2, -0.15) is 0 Å². The number of carbonyl (C=O) groups excluding carboxylic acids is 1. The molecular formula is C13H22N4O. The Balaban J connectivity index is 1.54. The van der Waals surface area contributed by atoms with E-state index in [1.807, 2.05) is 0 Å². The van der Waals surface area contributed by atoms with E-state index in [1.54, 1.807) is 12.5 Å². The lowest BCUT2D eigenvalue weighted by molar-refractivity contribution is -0.121. The van der Waals surface area contributed by atoms with Crippen LogP contribution in [-0.4, -0.2) is 35.0 Å². The van der Waals surface area contributed by atoms with E-state index in [0.717, 1.165) is 25.1 Å². The van der Waals surface area contributed by atoms with Gasteiger partial charge in [0.25, 0.3) is 0 Å². The highest BCUT2D eigenvalue weighted by Gasteiger charge is 2.13. The zero-order chi connectivity index (χ0) is 12.6. The van der Waals surface area contributed by atoms with Crippen molar-refractivity contribution in [3.8, 4) is 0 Å². The van der Waals surface area contributed by atoms with E-state index in [-0.39, 0.29) is 5.91 Å². The number of hydrogen-bond acceptors (Lipinski definition) is 3. The molecule has 100 valence electrons. The molecule has 0 saturated carbocycles. The monoisotopic (exact) mass is 250 g/mol. The molecule has 5 nitrogen and oxygen atoms in total. The van der Waals surface area contributed by atoms with Gasteiger partial charge in [-0.15, -0.1) is 0 Å². The van der Waals surface area contributed by atoms with Crippen molar-refractivity contribution in [3.05, 3.63) is 18.2 Å². The van der Waals surface area contributed by atoms with E-state index in [4.69, 9.17) is 0 Å². The Morgan fingerprint density at radius 2 is 2.44 bits per heavy atom. The number of piperidine rings is 1. The molecule has 0 bridgehead atoms. The SMILES string of the molecule is O=C(CCC1CCCCN1)NCCc1cnc[nH]1. The van der Waals surface area contributed by atoms with Gasteiger partial charge in [0.15, 0.2) is 0 Å². The molecule has 1 saturated heterocycles. The molecule has 3 N–H and O–H groups in total. The van der Waals surface area contributed by atoms with Crippen molar-refractivity contribution in [3.63, 3.8) is 0 Å². The number of rotatable bonds is 6. The number of aromatic nitrogens is 2.